The Morgan fingerprint density at radius 1 is 1.47 bits per heavy atom. The third kappa shape index (κ3) is 2.27. The number of carbonyl (C=O) groups excluding carboxylic acids is 1. The number of hydrogen-bond donors (Lipinski definition) is 2. The van der Waals surface area contributed by atoms with E-state index in [1.807, 2.05) is 0 Å². The molecular formula is C10H10F3NO3. The molecule has 0 spiro atoms. The molecular weight excluding hydrogens is 239 g/mol. The summed E-state index contributed by atoms with van der Waals surface area (Å²) in [5.74, 6) is -2.99. The molecule has 0 aliphatic heterocycles. The number of nitrogen functional groups attached to an aromatic ring is 1. The van der Waals surface area contributed by atoms with Crippen LogP contribution in [0.4, 0.5) is 18.9 Å². The van der Waals surface area contributed by atoms with Crippen LogP contribution in [0.2, 0.25) is 0 Å². The third-order valence-electron chi connectivity index (χ3n) is 2.26. The van der Waals surface area contributed by atoms with E-state index >= 15 is 0 Å². The zero-order valence-corrected chi connectivity index (χ0v) is 9.05. The highest BCUT2D eigenvalue weighted by molar-refractivity contribution is 6.04. The number of ether oxygens (including phenoxy) is 1. The molecule has 17 heavy (non-hydrogen) atoms. The van der Waals surface area contributed by atoms with Gasteiger partial charge in [-0.15, -0.1) is 0 Å². The van der Waals surface area contributed by atoms with E-state index in [0.717, 1.165) is 7.11 Å². The lowest BCUT2D eigenvalue weighted by molar-refractivity contribution is -0.0886. The van der Waals surface area contributed by atoms with Crippen LogP contribution in [-0.4, -0.2) is 24.2 Å². The summed E-state index contributed by atoms with van der Waals surface area (Å²) < 4.78 is 41.5. The Hall–Kier alpha value is -1.92. The van der Waals surface area contributed by atoms with E-state index in [2.05, 4.69) is 4.74 Å². The summed E-state index contributed by atoms with van der Waals surface area (Å²) in [6.45, 7) is 1.40. The molecule has 1 aromatic carbocycles. The number of methoxy groups -OCH3 is 1. The van der Waals surface area contributed by atoms with Gasteiger partial charge in [0.05, 0.1) is 18.4 Å². The van der Waals surface area contributed by atoms with E-state index in [1.54, 1.807) is 0 Å². The summed E-state index contributed by atoms with van der Waals surface area (Å²) in [5, 5.41) is 9.36. The molecule has 0 aromatic heterocycles. The Morgan fingerprint density at radius 2 is 2.00 bits per heavy atom. The Balaban J connectivity index is 3.49. The monoisotopic (exact) mass is 249 g/mol. The number of aromatic hydroxyl groups is 1. The van der Waals surface area contributed by atoms with Crippen LogP contribution in [0.25, 0.3) is 0 Å². The van der Waals surface area contributed by atoms with Crippen LogP contribution >= 0.6 is 0 Å². The first-order valence-corrected chi connectivity index (χ1v) is 4.47. The molecule has 0 amide bonds. The van der Waals surface area contributed by atoms with E-state index in [-0.39, 0.29) is 17.0 Å². The predicted octanol–water partition coefficient (Wildman–Crippen LogP) is 2.04. The second-order valence-corrected chi connectivity index (χ2v) is 3.34. The van der Waals surface area contributed by atoms with Gasteiger partial charge in [0.25, 0.3) is 5.78 Å². The molecule has 94 valence electrons. The Kier molecular flexibility index (Phi) is 3.21. The summed E-state index contributed by atoms with van der Waals surface area (Å²) in [4.78, 5) is 11.1. The normalized spacial score (nSPS) is 11.4. The largest absolute Gasteiger partial charge is 0.508 e. The van der Waals surface area contributed by atoms with Crippen molar-refractivity contribution < 1.29 is 27.8 Å². The maximum atomic E-state index is 12.3. The maximum absolute atomic E-state index is 12.3. The van der Waals surface area contributed by atoms with E-state index < -0.39 is 23.3 Å². The average molecular weight is 249 g/mol. The third-order valence-corrected chi connectivity index (χ3v) is 2.26. The number of carbonyl (C=O) groups is 1. The van der Waals surface area contributed by atoms with Gasteiger partial charge in [-0.1, -0.05) is 0 Å². The van der Waals surface area contributed by atoms with Crippen LogP contribution in [-0.2, 0) is 0 Å². The van der Waals surface area contributed by atoms with Crippen molar-refractivity contribution in [1.82, 2.24) is 0 Å². The van der Waals surface area contributed by atoms with Gasteiger partial charge in [0, 0.05) is 5.56 Å². The number of halogens is 3. The van der Waals surface area contributed by atoms with Gasteiger partial charge in [0.15, 0.2) is 5.75 Å². The fraction of sp³-hybridized carbons (Fsp3) is 0.300. The molecule has 0 radical (unpaired) electrons. The summed E-state index contributed by atoms with van der Waals surface area (Å²) in [6, 6.07) is 0.695. The van der Waals surface area contributed by atoms with Crippen LogP contribution in [0.15, 0.2) is 6.07 Å². The van der Waals surface area contributed by atoms with Gasteiger partial charge < -0.3 is 15.6 Å². The predicted molar refractivity (Wildman–Crippen MR) is 54.2 cm³/mol. The Labute approximate surface area is 94.8 Å². The first-order valence-electron chi connectivity index (χ1n) is 4.47. The Morgan fingerprint density at radius 3 is 2.41 bits per heavy atom. The van der Waals surface area contributed by atoms with Crippen molar-refractivity contribution in [3.05, 3.63) is 17.2 Å². The molecule has 1 aromatic rings. The lowest BCUT2D eigenvalue weighted by atomic mass is 10.0. The van der Waals surface area contributed by atoms with Crippen LogP contribution in [0.3, 0.4) is 0 Å². The quantitative estimate of drug-likeness (QED) is 0.621. The second-order valence-electron chi connectivity index (χ2n) is 3.34. The molecule has 1 rings (SSSR count). The highest BCUT2D eigenvalue weighted by atomic mass is 19.4. The SMILES string of the molecule is COc1c(C(=O)C(F)(F)F)cc(O)c(C)c1N. The number of hydrogen-bond acceptors (Lipinski definition) is 4. The number of anilines is 1. The molecule has 0 unspecified atom stereocenters. The number of alkyl halides is 3. The number of nitrogens with two attached hydrogens (primary N) is 1. The minimum absolute atomic E-state index is 0.153. The van der Waals surface area contributed by atoms with Crippen molar-refractivity contribution in [2.45, 2.75) is 13.1 Å². The summed E-state index contributed by atoms with van der Waals surface area (Å²) >= 11 is 0. The number of rotatable bonds is 2. The standard InChI is InChI=1S/C10H10F3NO3/c1-4-6(15)3-5(8(17-2)7(4)14)9(16)10(11,12)13/h3,15H,14H2,1-2H3. The van der Waals surface area contributed by atoms with Crippen molar-refractivity contribution in [2.24, 2.45) is 0 Å². The van der Waals surface area contributed by atoms with E-state index in [4.69, 9.17) is 5.73 Å². The van der Waals surface area contributed by atoms with Gasteiger partial charge in [-0.25, -0.2) is 0 Å². The molecule has 0 fully saturated rings. The number of benzene rings is 1. The molecule has 7 heteroatoms. The molecule has 0 saturated carbocycles. The summed E-state index contributed by atoms with van der Waals surface area (Å²) in [7, 11) is 1.09. The molecule has 4 nitrogen and oxygen atoms in total. The average Bonchev–Trinajstić information content (AvgIpc) is 2.23. The molecule has 0 aliphatic rings. The van der Waals surface area contributed by atoms with E-state index in [9.17, 15) is 23.1 Å². The molecule has 0 atom stereocenters. The summed E-state index contributed by atoms with van der Waals surface area (Å²) in [6.07, 6.45) is -5.05. The molecule has 0 saturated heterocycles. The highest BCUT2D eigenvalue weighted by Crippen LogP contribution is 2.38. The molecule has 0 bridgehead atoms. The number of Topliss-reactive ketones (excluding diaryl/α,β-unsaturated/α-hetero) is 1. The van der Waals surface area contributed by atoms with Crippen molar-refractivity contribution in [3.8, 4) is 11.5 Å². The maximum Gasteiger partial charge on any atom is 0.455 e. The molecule has 0 aliphatic carbocycles. The lowest BCUT2D eigenvalue weighted by Gasteiger charge is -2.14. The first-order chi connectivity index (χ1) is 7.70. The van der Waals surface area contributed by atoms with Crippen molar-refractivity contribution >= 4 is 11.5 Å². The number of ketones is 1. The lowest BCUT2D eigenvalue weighted by Crippen LogP contribution is -2.23. The Bertz CT molecular complexity index is 469. The van der Waals surface area contributed by atoms with Gasteiger partial charge >= 0.3 is 6.18 Å². The van der Waals surface area contributed by atoms with Crippen molar-refractivity contribution in [3.63, 3.8) is 0 Å². The van der Waals surface area contributed by atoms with Crippen molar-refractivity contribution in [2.75, 3.05) is 12.8 Å². The fourth-order valence-electron chi connectivity index (χ4n) is 1.31. The van der Waals surface area contributed by atoms with Crippen molar-refractivity contribution in [1.29, 1.82) is 0 Å². The van der Waals surface area contributed by atoms with Crippen LogP contribution in [0.5, 0.6) is 11.5 Å². The van der Waals surface area contributed by atoms with Gasteiger partial charge in [-0.05, 0) is 13.0 Å². The highest BCUT2D eigenvalue weighted by Gasteiger charge is 2.41. The van der Waals surface area contributed by atoms with Gasteiger partial charge in [-0.2, -0.15) is 13.2 Å². The number of phenolic OH excluding ortho intramolecular Hbond substituents is 1. The zero-order chi connectivity index (χ0) is 13.4. The van der Waals surface area contributed by atoms with Crippen LogP contribution < -0.4 is 10.5 Å². The van der Waals surface area contributed by atoms with Gasteiger partial charge in [-0.3, -0.25) is 4.79 Å². The minimum Gasteiger partial charge on any atom is -0.508 e. The first kappa shape index (κ1) is 13.1. The summed E-state index contributed by atoms with van der Waals surface area (Å²) in [5.41, 5.74) is 4.63. The van der Waals surface area contributed by atoms with Crippen LogP contribution in [0, 0.1) is 6.92 Å². The van der Waals surface area contributed by atoms with E-state index in [1.165, 1.54) is 6.92 Å². The zero-order valence-electron chi connectivity index (χ0n) is 9.05. The van der Waals surface area contributed by atoms with Gasteiger partial charge in [0.2, 0.25) is 0 Å². The van der Waals surface area contributed by atoms with Gasteiger partial charge in [0.1, 0.15) is 5.75 Å². The van der Waals surface area contributed by atoms with Crippen LogP contribution in [0.1, 0.15) is 15.9 Å². The second kappa shape index (κ2) is 4.15. The smallest absolute Gasteiger partial charge is 0.455 e. The number of phenols is 1. The molecule has 3 N–H and O–H groups in total. The minimum atomic E-state index is -5.05. The molecule has 0 heterocycles. The van der Waals surface area contributed by atoms with E-state index in [0.29, 0.717) is 6.07 Å². The fourth-order valence-corrected chi connectivity index (χ4v) is 1.31. The topological polar surface area (TPSA) is 72.5 Å².